The molecule has 85 heavy (non-hydrogen) atoms. The average Bonchev–Trinajstić information content (AvgIpc) is 3.49. The lowest BCUT2D eigenvalue weighted by atomic mass is 9.99. The molecule has 3 N–H and O–H groups in total. The summed E-state index contributed by atoms with van der Waals surface area (Å²) in [6.45, 7) is 9.46. The number of aliphatic hydroxyl groups excluding tert-OH is 1. The van der Waals surface area contributed by atoms with Crippen LogP contribution in [-0.2, 0) is 65.4 Å². The number of phosphoric acid groups is 2. The standard InChI is InChI=1S/C66H128O17P2/c1-7-10-12-14-16-18-19-20-21-23-32-38-44-50-65(70)82-61(55-77-64(69)49-43-37-31-27-25-29-35-41-47-59(6)9-3)56-80-84(72,73)78-52-60(67)53-79-85(74,75)81-57-62(54-76-63(68)48-42-36-30-22-17-15-13-11-8-2)83-66(71)51-45-39-33-26-24-28-34-40-46-58(4)5/h58-62,67H,7-57H2,1-6H3,(H,72,73)(H,74,75)/t59?,60-,61-,62-/m1/s1. The van der Waals surface area contributed by atoms with Gasteiger partial charge >= 0.3 is 39.5 Å². The minimum atomic E-state index is -4.95. The topological polar surface area (TPSA) is 237 Å². The lowest BCUT2D eigenvalue weighted by Gasteiger charge is -2.21. The van der Waals surface area contributed by atoms with E-state index in [1.807, 2.05) is 0 Å². The van der Waals surface area contributed by atoms with Gasteiger partial charge in [-0.25, -0.2) is 9.13 Å². The van der Waals surface area contributed by atoms with Gasteiger partial charge in [0.05, 0.1) is 26.4 Å². The van der Waals surface area contributed by atoms with E-state index in [4.69, 9.17) is 37.0 Å². The molecule has 19 heteroatoms. The Morgan fingerprint density at radius 1 is 0.341 bits per heavy atom. The molecule has 0 saturated carbocycles. The van der Waals surface area contributed by atoms with E-state index in [1.54, 1.807) is 0 Å². The number of unbranched alkanes of at least 4 members (excludes halogenated alkanes) is 34. The van der Waals surface area contributed by atoms with Crippen molar-refractivity contribution in [1.29, 1.82) is 0 Å². The highest BCUT2D eigenvalue weighted by atomic mass is 31.2. The van der Waals surface area contributed by atoms with Crippen LogP contribution < -0.4 is 0 Å². The van der Waals surface area contributed by atoms with Crippen LogP contribution in [0.2, 0.25) is 0 Å². The molecule has 0 aromatic carbocycles. The number of esters is 4. The lowest BCUT2D eigenvalue weighted by molar-refractivity contribution is -0.161. The maximum atomic E-state index is 13.0. The lowest BCUT2D eigenvalue weighted by Crippen LogP contribution is -2.30. The van der Waals surface area contributed by atoms with Crippen LogP contribution in [0.15, 0.2) is 0 Å². The normalized spacial score (nSPS) is 14.6. The molecule has 0 fully saturated rings. The molecule has 0 bridgehead atoms. The molecule has 0 saturated heterocycles. The Kier molecular flexibility index (Phi) is 57.1. The zero-order chi connectivity index (χ0) is 62.9. The van der Waals surface area contributed by atoms with Crippen LogP contribution in [-0.4, -0.2) is 96.7 Å². The molecule has 17 nitrogen and oxygen atoms in total. The van der Waals surface area contributed by atoms with E-state index in [0.29, 0.717) is 25.7 Å². The maximum Gasteiger partial charge on any atom is 0.472 e. The Hall–Kier alpha value is -1.94. The number of phosphoric ester groups is 2. The van der Waals surface area contributed by atoms with Gasteiger partial charge in [-0.15, -0.1) is 0 Å². The average molecular weight is 1260 g/mol. The first kappa shape index (κ1) is 83.1. The highest BCUT2D eigenvalue weighted by molar-refractivity contribution is 7.47. The Bertz CT molecular complexity index is 1670. The van der Waals surface area contributed by atoms with E-state index in [1.165, 1.54) is 148 Å². The number of aliphatic hydroxyl groups is 1. The highest BCUT2D eigenvalue weighted by Gasteiger charge is 2.30. The van der Waals surface area contributed by atoms with Crippen LogP contribution in [0.3, 0.4) is 0 Å². The molecule has 0 spiro atoms. The van der Waals surface area contributed by atoms with Crippen molar-refractivity contribution in [3.63, 3.8) is 0 Å². The van der Waals surface area contributed by atoms with Crippen molar-refractivity contribution in [2.24, 2.45) is 11.8 Å². The molecule has 0 aromatic rings. The maximum absolute atomic E-state index is 13.0. The second-order valence-electron chi connectivity index (χ2n) is 24.6. The van der Waals surface area contributed by atoms with Crippen LogP contribution in [0.1, 0.15) is 330 Å². The molecular formula is C66H128O17P2. The molecule has 0 amide bonds. The van der Waals surface area contributed by atoms with Crippen molar-refractivity contribution in [2.75, 3.05) is 39.6 Å². The van der Waals surface area contributed by atoms with Crippen LogP contribution >= 0.6 is 15.6 Å². The van der Waals surface area contributed by atoms with Crippen molar-refractivity contribution >= 4 is 39.5 Å². The van der Waals surface area contributed by atoms with Gasteiger partial charge < -0.3 is 33.8 Å². The van der Waals surface area contributed by atoms with Crippen LogP contribution in [0.25, 0.3) is 0 Å². The van der Waals surface area contributed by atoms with E-state index in [0.717, 1.165) is 102 Å². The third kappa shape index (κ3) is 59.5. The van der Waals surface area contributed by atoms with E-state index in [2.05, 4.69) is 41.5 Å². The number of carbonyl (C=O) groups excluding carboxylic acids is 4. The van der Waals surface area contributed by atoms with Crippen molar-refractivity contribution in [3.8, 4) is 0 Å². The molecule has 0 radical (unpaired) electrons. The van der Waals surface area contributed by atoms with Crippen LogP contribution in [0.5, 0.6) is 0 Å². The largest absolute Gasteiger partial charge is 0.472 e. The van der Waals surface area contributed by atoms with E-state index in [-0.39, 0.29) is 25.7 Å². The van der Waals surface area contributed by atoms with Crippen molar-refractivity contribution < 1.29 is 80.2 Å². The van der Waals surface area contributed by atoms with Crippen LogP contribution in [0, 0.1) is 11.8 Å². The number of ether oxygens (including phenoxy) is 4. The smallest absolute Gasteiger partial charge is 0.462 e. The van der Waals surface area contributed by atoms with Gasteiger partial charge in [0.2, 0.25) is 0 Å². The van der Waals surface area contributed by atoms with Gasteiger partial charge in [-0.2, -0.15) is 0 Å². The summed E-state index contributed by atoms with van der Waals surface area (Å²) in [5.74, 6) is -0.635. The minimum absolute atomic E-state index is 0.104. The summed E-state index contributed by atoms with van der Waals surface area (Å²) >= 11 is 0. The van der Waals surface area contributed by atoms with Gasteiger partial charge in [-0.05, 0) is 37.5 Å². The van der Waals surface area contributed by atoms with Crippen molar-refractivity contribution in [2.45, 2.75) is 349 Å². The Morgan fingerprint density at radius 2 is 0.600 bits per heavy atom. The van der Waals surface area contributed by atoms with Crippen molar-refractivity contribution in [1.82, 2.24) is 0 Å². The molecule has 504 valence electrons. The highest BCUT2D eigenvalue weighted by Crippen LogP contribution is 2.45. The summed E-state index contributed by atoms with van der Waals surface area (Å²) in [7, 11) is -9.89. The van der Waals surface area contributed by atoms with Gasteiger partial charge in [0.15, 0.2) is 12.2 Å². The fourth-order valence-electron chi connectivity index (χ4n) is 9.85. The number of hydrogen-bond acceptors (Lipinski definition) is 15. The zero-order valence-corrected chi connectivity index (χ0v) is 56.7. The zero-order valence-electron chi connectivity index (χ0n) is 54.9. The molecule has 0 aliphatic heterocycles. The first-order valence-corrected chi connectivity index (χ1v) is 37.5. The molecule has 0 aliphatic rings. The fraction of sp³-hybridized carbons (Fsp3) is 0.939. The molecular weight excluding hydrogens is 1130 g/mol. The van der Waals surface area contributed by atoms with Crippen LogP contribution in [0.4, 0.5) is 0 Å². The molecule has 0 aliphatic carbocycles. The van der Waals surface area contributed by atoms with Crippen molar-refractivity contribution in [3.05, 3.63) is 0 Å². The summed E-state index contributed by atoms with van der Waals surface area (Å²) in [6.07, 6.45) is 41.6. The second-order valence-corrected chi connectivity index (χ2v) is 27.5. The molecule has 3 unspecified atom stereocenters. The molecule has 6 atom stereocenters. The molecule has 0 aromatic heterocycles. The summed E-state index contributed by atoms with van der Waals surface area (Å²) in [5.41, 5.74) is 0. The van der Waals surface area contributed by atoms with Gasteiger partial charge in [0, 0.05) is 25.7 Å². The predicted octanol–water partition coefficient (Wildman–Crippen LogP) is 18.4. The van der Waals surface area contributed by atoms with Gasteiger partial charge in [-0.3, -0.25) is 37.3 Å². The Labute approximate surface area is 517 Å². The van der Waals surface area contributed by atoms with Gasteiger partial charge in [0.1, 0.15) is 19.3 Å². The fourth-order valence-corrected chi connectivity index (χ4v) is 11.4. The summed E-state index contributed by atoms with van der Waals surface area (Å²) in [6, 6.07) is 0. The third-order valence-corrected chi connectivity index (χ3v) is 17.5. The molecule has 0 rings (SSSR count). The Morgan fingerprint density at radius 3 is 0.894 bits per heavy atom. The number of carbonyl (C=O) groups is 4. The molecule has 0 heterocycles. The summed E-state index contributed by atoms with van der Waals surface area (Å²) in [5, 5.41) is 10.5. The van der Waals surface area contributed by atoms with E-state index < -0.39 is 97.5 Å². The van der Waals surface area contributed by atoms with E-state index >= 15 is 0 Å². The third-order valence-electron chi connectivity index (χ3n) is 15.6. The van der Waals surface area contributed by atoms with Gasteiger partial charge in [-0.1, -0.05) is 279 Å². The second kappa shape index (κ2) is 58.4. The first-order chi connectivity index (χ1) is 40.9. The summed E-state index contributed by atoms with van der Waals surface area (Å²) in [4.78, 5) is 72.3. The van der Waals surface area contributed by atoms with Gasteiger partial charge in [0.25, 0.3) is 0 Å². The number of hydrogen-bond donors (Lipinski definition) is 3. The summed E-state index contributed by atoms with van der Waals surface area (Å²) < 4.78 is 68.1. The Balaban J connectivity index is 5.25. The SMILES string of the molecule is CCCCCCCCCCCCCCCC(=O)O[C@H](COC(=O)CCCCCCCCCCC(C)CC)COP(=O)(O)OC[C@@H](O)COP(=O)(O)OC[C@@H](COC(=O)CCCCCCCCCCC)OC(=O)CCCCCCCCCCC(C)C. The predicted molar refractivity (Wildman–Crippen MR) is 340 cm³/mol. The minimum Gasteiger partial charge on any atom is -0.462 e. The van der Waals surface area contributed by atoms with E-state index in [9.17, 15) is 43.2 Å². The first-order valence-electron chi connectivity index (χ1n) is 34.5. The monoisotopic (exact) mass is 1250 g/mol. The number of rotatable bonds is 65. The quantitative estimate of drug-likeness (QED) is 0.0222.